The molecule has 2 heterocycles. The number of nitrogens with one attached hydrogen (secondary N) is 1. The van der Waals surface area contributed by atoms with Crippen LogP contribution in [0.15, 0.2) is 11.4 Å². The van der Waals surface area contributed by atoms with E-state index in [1.165, 1.54) is 11.8 Å². The van der Waals surface area contributed by atoms with Crippen molar-refractivity contribution in [1.82, 2.24) is 14.9 Å². The third-order valence-electron chi connectivity index (χ3n) is 2.59. The number of amides is 1. The molecule has 2 rings (SSSR count). The zero-order valence-electron chi connectivity index (χ0n) is 9.34. The fraction of sp³-hybridized carbons (Fsp3) is 0.500. The summed E-state index contributed by atoms with van der Waals surface area (Å²) in [6.45, 7) is 2.48. The van der Waals surface area contributed by atoms with Gasteiger partial charge in [-0.15, -0.1) is 0 Å². The topological polar surface area (TPSA) is 84.2 Å². The molecular weight excluding hydrogens is 242 g/mol. The lowest BCUT2D eigenvalue weighted by Crippen LogP contribution is -2.16. The lowest BCUT2D eigenvalue weighted by atomic mass is 10.2. The number of carboxylic acids is 1. The van der Waals surface area contributed by atoms with Gasteiger partial charge in [-0.1, -0.05) is 11.8 Å². The van der Waals surface area contributed by atoms with E-state index in [9.17, 15) is 9.59 Å². The van der Waals surface area contributed by atoms with Crippen molar-refractivity contribution in [1.29, 1.82) is 0 Å². The molecule has 1 amide bonds. The van der Waals surface area contributed by atoms with E-state index in [1.54, 1.807) is 6.20 Å². The molecule has 0 spiro atoms. The van der Waals surface area contributed by atoms with Crippen molar-refractivity contribution in [2.24, 2.45) is 0 Å². The summed E-state index contributed by atoms with van der Waals surface area (Å²) in [4.78, 5) is 25.9. The predicted molar refractivity (Wildman–Crippen MR) is 62.0 cm³/mol. The smallest absolute Gasteiger partial charge is 0.313 e. The van der Waals surface area contributed by atoms with Crippen LogP contribution >= 0.6 is 11.8 Å². The third-order valence-corrected chi connectivity index (χ3v) is 3.55. The summed E-state index contributed by atoms with van der Waals surface area (Å²) in [6, 6.07) is 0.0429. The first-order valence-corrected chi connectivity index (χ1v) is 6.21. The average molecular weight is 255 g/mol. The van der Waals surface area contributed by atoms with Crippen LogP contribution in [0.1, 0.15) is 18.2 Å². The number of thioether (sulfide) groups is 1. The summed E-state index contributed by atoms with van der Waals surface area (Å²) in [5.74, 6) is -0.870. The van der Waals surface area contributed by atoms with Gasteiger partial charge in [-0.25, -0.2) is 4.98 Å². The summed E-state index contributed by atoms with van der Waals surface area (Å²) in [7, 11) is 0. The Morgan fingerprint density at radius 2 is 2.53 bits per heavy atom. The Hall–Kier alpha value is -1.50. The van der Waals surface area contributed by atoms with E-state index < -0.39 is 5.97 Å². The van der Waals surface area contributed by atoms with E-state index in [0.717, 1.165) is 5.69 Å². The number of nitrogens with zero attached hydrogens (tertiary/aromatic N) is 2. The molecular formula is C10H13N3O3S. The van der Waals surface area contributed by atoms with Crippen LogP contribution in [0, 0.1) is 6.92 Å². The van der Waals surface area contributed by atoms with Crippen molar-refractivity contribution in [2.75, 3.05) is 12.3 Å². The zero-order valence-corrected chi connectivity index (χ0v) is 10.2. The van der Waals surface area contributed by atoms with Crippen molar-refractivity contribution < 1.29 is 14.7 Å². The molecule has 1 atom stereocenters. The van der Waals surface area contributed by atoms with Crippen LogP contribution in [0.3, 0.4) is 0 Å². The van der Waals surface area contributed by atoms with E-state index in [4.69, 9.17) is 5.11 Å². The second-order valence-corrected chi connectivity index (χ2v) is 4.84. The molecule has 1 saturated heterocycles. The SMILES string of the molecule is Cc1cnc(SCC(=O)O)n1C1CNC(=O)C1. The Labute approximate surface area is 102 Å². The first-order valence-electron chi connectivity index (χ1n) is 5.23. The fourth-order valence-electron chi connectivity index (χ4n) is 1.87. The maximum Gasteiger partial charge on any atom is 0.313 e. The molecule has 92 valence electrons. The first kappa shape index (κ1) is 12.0. The van der Waals surface area contributed by atoms with Gasteiger partial charge in [-0.2, -0.15) is 0 Å². The van der Waals surface area contributed by atoms with E-state index in [-0.39, 0.29) is 17.7 Å². The maximum atomic E-state index is 11.2. The van der Waals surface area contributed by atoms with Gasteiger partial charge < -0.3 is 15.0 Å². The molecule has 2 N–H and O–H groups in total. The van der Waals surface area contributed by atoms with Crippen molar-refractivity contribution in [2.45, 2.75) is 24.5 Å². The van der Waals surface area contributed by atoms with E-state index >= 15 is 0 Å². The third kappa shape index (κ3) is 2.60. The van der Waals surface area contributed by atoms with Gasteiger partial charge in [-0.3, -0.25) is 9.59 Å². The second-order valence-electron chi connectivity index (χ2n) is 3.90. The molecule has 0 aromatic carbocycles. The summed E-state index contributed by atoms with van der Waals surface area (Å²) in [6.07, 6.45) is 2.13. The van der Waals surface area contributed by atoms with Gasteiger partial charge in [0.2, 0.25) is 5.91 Å². The van der Waals surface area contributed by atoms with Crippen molar-refractivity contribution in [3.63, 3.8) is 0 Å². The molecule has 1 aliphatic heterocycles. The molecule has 1 aromatic heterocycles. The van der Waals surface area contributed by atoms with Crippen LogP contribution in [-0.2, 0) is 9.59 Å². The molecule has 1 unspecified atom stereocenters. The molecule has 0 bridgehead atoms. The highest BCUT2D eigenvalue weighted by Gasteiger charge is 2.26. The van der Waals surface area contributed by atoms with E-state index in [1.807, 2.05) is 11.5 Å². The highest BCUT2D eigenvalue weighted by molar-refractivity contribution is 7.99. The van der Waals surface area contributed by atoms with E-state index in [2.05, 4.69) is 10.3 Å². The summed E-state index contributed by atoms with van der Waals surface area (Å²) in [5, 5.41) is 12.1. The number of aliphatic carboxylic acids is 1. The Morgan fingerprint density at radius 1 is 1.76 bits per heavy atom. The Morgan fingerprint density at radius 3 is 3.12 bits per heavy atom. The Bertz CT molecular complexity index is 458. The number of carbonyl (C=O) groups is 2. The maximum absolute atomic E-state index is 11.2. The standard InChI is InChI=1S/C10H13N3O3S/c1-6-3-12-10(17-5-9(15)16)13(6)7-2-8(14)11-4-7/h3,7H,2,4-5H2,1H3,(H,11,14)(H,15,16). The van der Waals surface area contributed by atoms with Gasteiger partial charge in [0, 0.05) is 24.9 Å². The minimum Gasteiger partial charge on any atom is -0.481 e. The van der Waals surface area contributed by atoms with Crippen LogP contribution in [0.4, 0.5) is 0 Å². The van der Waals surface area contributed by atoms with Crippen LogP contribution in [-0.4, -0.2) is 38.8 Å². The summed E-state index contributed by atoms with van der Waals surface area (Å²) >= 11 is 1.18. The van der Waals surface area contributed by atoms with Gasteiger partial charge in [0.1, 0.15) is 0 Å². The minimum atomic E-state index is -0.872. The minimum absolute atomic E-state index is 0.0233. The number of hydrogen-bond donors (Lipinski definition) is 2. The molecule has 1 aromatic rings. The highest BCUT2D eigenvalue weighted by atomic mass is 32.2. The molecule has 1 aliphatic rings. The van der Waals surface area contributed by atoms with Crippen LogP contribution < -0.4 is 5.32 Å². The summed E-state index contributed by atoms with van der Waals surface area (Å²) < 4.78 is 1.94. The molecule has 17 heavy (non-hydrogen) atoms. The lowest BCUT2D eigenvalue weighted by Gasteiger charge is -2.14. The summed E-state index contributed by atoms with van der Waals surface area (Å²) in [5.41, 5.74) is 0.944. The van der Waals surface area contributed by atoms with Crippen LogP contribution in [0.5, 0.6) is 0 Å². The van der Waals surface area contributed by atoms with E-state index in [0.29, 0.717) is 18.1 Å². The second kappa shape index (κ2) is 4.79. The predicted octanol–water partition coefficient (Wildman–Crippen LogP) is 0.429. The van der Waals surface area contributed by atoms with Gasteiger partial charge in [-0.05, 0) is 6.92 Å². The van der Waals surface area contributed by atoms with Gasteiger partial charge in [0.25, 0.3) is 0 Å². The normalized spacial score (nSPS) is 19.4. The molecule has 6 nitrogen and oxygen atoms in total. The molecule has 0 radical (unpaired) electrons. The Balaban J connectivity index is 2.17. The van der Waals surface area contributed by atoms with Gasteiger partial charge >= 0.3 is 5.97 Å². The molecule has 0 saturated carbocycles. The number of carbonyl (C=O) groups excluding carboxylic acids is 1. The molecule has 0 aliphatic carbocycles. The number of carboxylic acid groups (broad SMARTS) is 1. The number of rotatable bonds is 4. The fourth-order valence-corrected chi connectivity index (χ4v) is 2.69. The molecule has 7 heteroatoms. The van der Waals surface area contributed by atoms with Crippen LogP contribution in [0.2, 0.25) is 0 Å². The monoisotopic (exact) mass is 255 g/mol. The number of imidazole rings is 1. The quantitative estimate of drug-likeness (QED) is 0.762. The van der Waals surface area contributed by atoms with Crippen molar-refractivity contribution in [3.8, 4) is 0 Å². The zero-order chi connectivity index (χ0) is 12.4. The average Bonchev–Trinajstić information content (AvgIpc) is 2.82. The highest BCUT2D eigenvalue weighted by Crippen LogP contribution is 2.26. The number of aromatic nitrogens is 2. The largest absolute Gasteiger partial charge is 0.481 e. The number of aryl methyl sites for hydroxylation is 1. The van der Waals surface area contributed by atoms with Gasteiger partial charge in [0.15, 0.2) is 5.16 Å². The van der Waals surface area contributed by atoms with Crippen LogP contribution in [0.25, 0.3) is 0 Å². The van der Waals surface area contributed by atoms with Crippen molar-refractivity contribution in [3.05, 3.63) is 11.9 Å². The lowest BCUT2D eigenvalue weighted by molar-refractivity contribution is -0.134. The number of hydrogen-bond acceptors (Lipinski definition) is 4. The van der Waals surface area contributed by atoms with Crippen molar-refractivity contribution >= 4 is 23.6 Å². The Kier molecular flexibility index (Phi) is 3.37. The molecule has 1 fully saturated rings. The first-order chi connectivity index (χ1) is 8.08. The van der Waals surface area contributed by atoms with Gasteiger partial charge in [0.05, 0.1) is 11.8 Å².